The number of carbonyl (C=O) groups is 1. The largest absolute Gasteiger partial charge is 0.494 e. The molecule has 2 aromatic heterocycles. The van der Waals surface area contributed by atoms with E-state index in [1.807, 2.05) is 30.5 Å². The minimum absolute atomic E-state index is 0.322. The number of hydrogen-bond donors (Lipinski definition) is 3. The second-order valence-electron chi connectivity index (χ2n) is 8.05. The summed E-state index contributed by atoms with van der Waals surface area (Å²) in [7, 11) is -0.00484. The van der Waals surface area contributed by atoms with Gasteiger partial charge in [-0.05, 0) is 43.4 Å². The Balaban J connectivity index is 1.73. The first-order valence-electron chi connectivity index (χ1n) is 11.1. The van der Waals surface area contributed by atoms with Crippen LogP contribution in [0.5, 0.6) is 5.75 Å². The van der Waals surface area contributed by atoms with Crippen molar-refractivity contribution in [2.75, 3.05) is 12.4 Å². The van der Waals surface area contributed by atoms with Crippen molar-refractivity contribution in [3.63, 3.8) is 0 Å². The molecule has 2 heterocycles. The summed E-state index contributed by atoms with van der Waals surface area (Å²) in [6, 6.07) is 14.1. The lowest BCUT2D eigenvalue weighted by Gasteiger charge is -2.13. The topological polar surface area (TPSA) is 138 Å². The average Bonchev–Trinajstić information content (AvgIpc) is 3.41. The van der Waals surface area contributed by atoms with Gasteiger partial charge in [-0.2, -0.15) is 10.4 Å². The molecule has 0 aliphatic rings. The van der Waals surface area contributed by atoms with E-state index in [1.54, 1.807) is 35.0 Å². The summed E-state index contributed by atoms with van der Waals surface area (Å²) in [5, 5.41) is 35.3. The molecule has 0 bridgehead atoms. The van der Waals surface area contributed by atoms with E-state index >= 15 is 0 Å². The first-order valence-corrected chi connectivity index (χ1v) is 11.1. The molecule has 0 aliphatic carbocycles. The molecule has 0 unspecified atom stereocenters. The Bertz CT molecular complexity index is 1420. The molecule has 0 fully saturated rings. The SMILES string of the molecule is CCn1nc(C)cc1C(=O)Nc1nc2cc(C#N)cc(OC)c2n1CCc1ccc(B(O)O)cc1. The van der Waals surface area contributed by atoms with Crippen molar-refractivity contribution in [1.82, 2.24) is 19.3 Å². The predicted molar refractivity (Wildman–Crippen MR) is 132 cm³/mol. The minimum Gasteiger partial charge on any atom is -0.494 e. The monoisotopic (exact) mass is 472 g/mol. The van der Waals surface area contributed by atoms with Crippen LogP contribution in [0, 0.1) is 18.3 Å². The molecule has 2 aromatic carbocycles. The van der Waals surface area contributed by atoms with Gasteiger partial charge in [0.15, 0.2) is 0 Å². The fourth-order valence-corrected chi connectivity index (χ4v) is 4.00. The Morgan fingerprint density at radius 3 is 2.60 bits per heavy atom. The number of aromatic nitrogens is 4. The number of benzene rings is 2. The van der Waals surface area contributed by atoms with Crippen molar-refractivity contribution in [2.45, 2.75) is 33.4 Å². The van der Waals surface area contributed by atoms with E-state index in [2.05, 4.69) is 21.5 Å². The number of fused-ring (bicyclic) bond motifs is 1. The zero-order valence-corrected chi connectivity index (χ0v) is 19.7. The lowest BCUT2D eigenvalue weighted by atomic mass is 9.80. The number of ether oxygens (including phenoxy) is 1. The van der Waals surface area contributed by atoms with Gasteiger partial charge in [0.2, 0.25) is 5.95 Å². The molecule has 4 rings (SSSR count). The maximum absolute atomic E-state index is 13.1. The van der Waals surface area contributed by atoms with E-state index in [4.69, 9.17) is 4.74 Å². The average molecular weight is 472 g/mol. The van der Waals surface area contributed by atoms with E-state index in [-0.39, 0.29) is 5.91 Å². The number of imidazole rings is 1. The van der Waals surface area contributed by atoms with Crippen molar-refractivity contribution in [3.05, 3.63) is 65.0 Å². The molecule has 0 saturated heterocycles. The Morgan fingerprint density at radius 1 is 1.23 bits per heavy atom. The van der Waals surface area contributed by atoms with Crippen LogP contribution in [0.4, 0.5) is 5.95 Å². The fraction of sp³-hybridized carbons (Fsp3) is 0.250. The van der Waals surface area contributed by atoms with Crippen LogP contribution in [0.25, 0.3) is 11.0 Å². The molecule has 3 N–H and O–H groups in total. The number of anilines is 1. The summed E-state index contributed by atoms with van der Waals surface area (Å²) in [5.41, 5.74) is 4.10. The number of nitrogens with one attached hydrogen (secondary N) is 1. The Morgan fingerprint density at radius 2 is 1.97 bits per heavy atom. The summed E-state index contributed by atoms with van der Waals surface area (Å²) in [5.74, 6) is 0.451. The van der Waals surface area contributed by atoms with E-state index in [9.17, 15) is 20.1 Å². The summed E-state index contributed by atoms with van der Waals surface area (Å²) < 4.78 is 9.03. The zero-order chi connectivity index (χ0) is 25.1. The van der Waals surface area contributed by atoms with Crippen molar-refractivity contribution in [3.8, 4) is 11.8 Å². The Labute approximate surface area is 202 Å². The van der Waals surface area contributed by atoms with Crippen molar-refractivity contribution in [2.24, 2.45) is 0 Å². The van der Waals surface area contributed by atoms with E-state index in [0.29, 0.717) is 59.0 Å². The van der Waals surface area contributed by atoms with E-state index in [1.165, 1.54) is 7.11 Å². The Hall–Kier alpha value is -4.14. The first kappa shape index (κ1) is 24.0. The molecule has 35 heavy (non-hydrogen) atoms. The molecule has 178 valence electrons. The molecule has 0 spiro atoms. The number of rotatable bonds is 8. The molecule has 1 amide bonds. The Kier molecular flexibility index (Phi) is 6.86. The van der Waals surface area contributed by atoms with Crippen molar-refractivity contribution < 1.29 is 19.6 Å². The summed E-state index contributed by atoms with van der Waals surface area (Å²) in [6.45, 7) is 4.73. The molecule has 0 atom stereocenters. The van der Waals surface area contributed by atoms with Crippen LogP contribution in [-0.2, 0) is 19.5 Å². The quantitative estimate of drug-likeness (QED) is 0.331. The van der Waals surface area contributed by atoms with Gasteiger partial charge in [0, 0.05) is 19.2 Å². The lowest BCUT2D eigenvalue weighted by molar-refractivity contribution is 0.101. The third-order valence-corrected chi connectivity index (χ3v) is 5.72. The maximum atomic E-state index is 13.1. The van der Waals surface area contributed by atoms with Gasteiger partial charge in [0.05, 0.1) is 30.0 Å². The van der Waals surface area contributed by atoms with Crippen molar-refractivity contribution >= 4 is 35.5 Å². The number of carbonyl (C=O) groups excluding carboxylic acids is 1. The highest BCUT2D eigenvalue weighted by atomic mass is 16.5. The van der Waals surface area contributed by atoms with Gasteiger partial charge in [-0.25, -0.2) is 4.98 Å². The number of nitrogens with zero attached hydrogens (tertiary/aromatic N) is 5. The lowest BCUT2D eigenvalue weighted by Crippen LogP contribution is -2.29. The molecular weight excluding hydrogens is 447 g/mol. The molecular formula is C24H25BN6O4. The molecule has 10 nitrogen and oxygen atoms in total. The third kappa shape index (κ3) is 4.89. The molecule has 4 aromatic rings. The van der Waals surface area contributed by atoms with Gasteiger partial charge in [-0.1, -0.05) is 24.3 Å². The fourth-order valence-electron chi connectivity index (χ4n) is 4.00. The van der Waals surface area contributed by atoms with Crippen LogP contribution in [0.15, 0.2) is 42.5 Å². The number of amides is 1. The van der Waals surface area contributed by atoms with Gasteiger partial charge in [-0.3, -0.25) is 14.8 Å². The molecule has 0 saturated carbocycles. The highest BCUT2D eigenvalue weighted by molar-refractivity contribution is 6.58. The second-order valence-corrected chi connectivity index (χ2v) is 8.05. The minimum atomic E-state index is -1.53. The number of nitriles is 1. The highest BCUT2D eigenvalue weighted by Crippen LogP contribution is 2.31. The van der Waals surface area contributed by atoms with E-state index in [0.717, 1.165) is 11.3 Å². The molecule has 11 heteroatoms. The van der Waals surface area contributed by atoms with Crippen LogP contribution in [0.2, 0.25) is 0 Å². The normalized spacial score (nSPS) is 10.9. The van der Waals surface area contributed by atoms with Crippen LogP contribution in [0.3, 0.4) is 0 Å². The van der Waals surface area contributed by atoms with Crippen molar-refractivity contribution in [1.29, 1.82) is 5.26 Å². The van der Waals surface area contributed by atoms with Gasteiger partial charge < -0.3 is 19.4 Å². The third-order valence-electron chi connectivity index (χ3n) is 5.72. The smallest absolute Gasteiger partial charge is 0.488 e. The van der Waals surface area contributed by atoms with Crippen LogP contribution in [0.1, 0.15) is 34.2 Å². The molecule has 0 radical (unpaired) electrons. The standard InChI is InChI=1S/C24H25BN6O4/c1-4-31-20(11-15(2)29-31)23(32)28-24-27-19-12-17(14-26)13-21(35-3)22(19)30(24)10-9-16-5-7-18(8-6-16)25(33)34/h5-8,11-13,33-34H,4,9-10H2,1-3H3,(H,27,28,32). The van der Waals surface area contributed by atoms with Crippen LogP contribution < -0.4 is 15.5 Å². The summed E-state index contributed by atoms with van der Waals surface area (Å²) >= 11 is 0. The van der Waals surface area contributed by atoms with E-state index < -0.39 is 7.12 Å². The second kappa shape index (κ2) is 10.0. The number of methoxy groups -OCH3 is 1. The predicted octanol–water partition coefficient (Wildman–Crippen LogP) is 1.62. The van der Waals surface area contributed by atoms with Gasteiger partial charge in [0.1, 0.15) is 17.0 Å². The summed E-state index contributed by atoms with van der Waals surface area (Å²) in [4.78, 5) is 17.7. The number of aryl methyl sites for hydroxylation is 4. The van der Waals surface area contributed by atoms with Gasteiger partial charge in [0.25, 0.3) is 5.91 Å². The zero-order valence-electron chi connectivity index (χ0n) is 19.7. The van der Waals surface area contributed by atoms with Crippen LogP contribution in [-0.4, -0.2) is 49.5 Å². The van der Waals surface area contributed by atoms with Gasteiger partial charge in [-0.15, -0.1) is 0 Å². The first-order chi connectivity index (χ1) is 16.8. The van der Waals surface area contributed by atoms with Crippen LogP contribution >= 0.6 is 0 Å². The van der Waals surface area contributed by atoms with Gasteiger partial charge >= 0.3 is 7.12 Å². The highest BCUT2D eigenvalue weighted by Gasteiger charge is 2.21. The number of hydrogen-bond acceptors (Lipinski definition) is 7. The maximum Gasteiger partial charge on any atom is 0.488 e. The summed E-state index contributed by atoms with van der Waals surface area (Å²) in [6.07, 6.45) is 0.575. The molecule has 0 aliphatic heterocycles.